The molecule has 3 rings (SSSR count). The molecule has 0 bridgehead atoms. The van der Waals surface area contributed by atoms with Gasteiger partial charge in [-0.05, 0) is 29.3 Å². The van der Waals surface area contributed by atoms with Crippen LogP contribution in [0.25, 0.3) is 0 Å². The van der Waals surface area contributed by atoms with E-state index in [1.54, 1.807) is 23.2 Å². The van der Waals surface area contributed by atoms with Crippen LogP contribution in [0.15, 0.2) is 48.8 Å². The summed E-state index contributed by atoms with van der Waals surface area (Å²) in [5, 5.41) is 9.63. The van der Waals surface area contributed by atoms with Gasteiger partial charge in [-0.15, -0.1) is 0 Å². The summed E-state index contributed by atoms with van der Waals surface area (Å²) < 4.78 is 43.7. The second-order valence-corrected chi connectivity index (χ2v) is 6.00. The zero-order valence-corrected chi connectivity index (χ0v) is 13.7. The zero-order valence-electron chi connectivity index (χ0n) is 13.7. The van der Waals surface area contributed by atoms with Crippen molar-refractivity contribution in [3.05, 3.63) is 65.5 Å². The lowest BCUT2D eigenvalue weighted by Gasteiger charge is -2.36. The predicted octanol–water partition coefficient (Wildman–Crippen LogP) is 3.30. The van der Waals surface area contributed by atoms with Crippen molar-refractivity contribution >= 4 is 5.97 Å². The number of alkyl halides is 3. The lowest BCUT2D eigenvalue weighted by Crippen LogP contribution is -2.43. The Balaban J connectivity index is 1.79. The summed E-state index contributed by atoms with van der Waals surface area (Å²) in [5.41, 5.74) is 0.402. The van der Waals surface area contributed by atoms with Gasteiger partial charge in [-0.25, -0.2) is 0 Å². The second kappa shape index (κ2) is 7.43. The van der Waals surface area contributed by atoms with Crippen molar-refractivity contribution in [2.75, 3.05) is 19.7 Å². The van der Waals surface area contributed by atoms with Gasteiger partial charge in [0.25, 0.3) is 0 Å². The Morgan fingerprint density at radius 2 is 2.00 bits per heavy atom. The number of hydrogen-bond donors (Lipinski definition) is 1. The minimum Gasteiger partial charge on any atom is -0.480 e. The topological polar surface area (TPSA) is 62.7 Å². The van der Waals surface area contributed by atoms with Crippen LogP contribution in [0.4, 0.5) is 13.2 Å². The molecule has 1 fully saturated rings. The van der Waals surface area contributed by atoms with E-state index in [4.69, 9.17) is 4.74 Å². The van der Waals surface area contributed by atoms with E-state index in [0.29, 0.717) is 17.7 Å². The van der Waals surface area contributed by atoms with Gasteiger partial charge in [-0.2, -0.15) is 13.2 Å². The number of halogens is 3. The summed E-state index contributed by atoms with van der Waals surface area (Å²) in [6.07, 6.45) is -1.83. The number of aromatic nitrogens is 1. The number of carboxylic acids is 1. The van der Waals surface area contributed by atoms with Crippen molar-refractivity contribution in [2.24, 2.45) is 0 Å². The number of nitrogens with zero attached hydrogens (tertiary/aromatic N) is 2. The van der Waals surface area contributed by atoms with E-state index < -0.39 is 29.9 Å². The fourth-order valence-corrected chi connectivity index (χ4v) is 3.04. The van der Waals surface area contributed by atoms with Crippen LogP contribution >= 0.6 is 0 Å². The molecule has 0 aliphatic carbocycles. The average molecular weight is 366 g/mol. The quantitative estimate of drug-likeness (QED) is 0.900. The maximum atomic E-state index is 12.7. The van der Waals surface area contributed by atoms with Crippen molar-refractivity contribution in [3.8, 4) is 0 Å². The van der Waals surface area contributed by atoms with Crippen LogP contribution in [0.1, 0.15) is 28.8 Å². The Hall–Kier alpha value is -2.45. The van der Waals surface area contributed by atoms with Crippen molar-refractivity contribution in [2.45, 2.75) is 18.3 Å². The van der Waals surface area contributed by atoms with E-state index in [2.05, 4.69) is 4.98 Å². The Labute approximate surface area is 148 Å². The molecule has 5 nitrogen and oxygen atoms in total. The SMILES string of the molecule is O=C(O)C(c1cccnc1)N1CCOC(c2ccc(C(F)(F)F)cc2)C1. The standard InChI is InChI=1S/C18H17F3N2O3/c19-18(20,21)14-5-3-12(4-6-14)15-11-23(8-9-26-15)16(17(24)25)13-2-1-7-22-10-13/h1-7,10,15-16H,8-9,11H2,(H,24,25). The molecule has 1 aromatic carbocycles. The molecule has 0 saturated carbocycles. The van der Waals surface area contributed by atoms with Gasteiger partial charge in [0.1, 0.15) is 6.04 Å². The van der Waals surface area contributed by atoms with Gasteiger partial charge in [-0.1, -0.05) is 18.2 Å². The number of carbonyl (C=O) groups is 1. The molecule has 1 aromatic heterocycles. The van der Waals surface area contributed by atoms with E-state index in [-0.39, 0.29) is 13.2 Å². The van der Waals surface area contributed by atoms with Gasteiger partial charge in [-0.3, -0.25) is 14.7 Å². The predicted molar refractivity (Wildman–Crippen MR) is 86.3 cm³/mol. The monoisotopic (exact) mass is 366 g/mol. The molecule has 0 amide bonds. The largest absolute Gasteiger partial charge is 0.480 e. The highest BCUT2D eigenvalue weighted by molar-refractivity contribution is 5.75. The molecular weight excluding hydrogens is 349 g/mol. The minimum absolute atomic E-state index is 0.261. The zero-order chi connectivity index (χ0) is 18.7. The first-order valence-electron chi connectivity index (χ1n) is 8.02. The van der Waals surface area contributed by atoms with Crippen LogP contribution in [0.2, 0.25) is 0 Å². The van der Waals surface area contributed by atoms with Crippen LogP contribution in [0.3, 0.4) is 0 Å². The first-order valence-corrected chi connectivity index (χ1v) is 8.02. The third-order valence-corrected chi connectivity index (χ3v) is 4.31. The fourth-order valence-electron chi connectivity index (χ4n) is 3.04. The van der Waals surface area contributed by atoms with Crippen LogP contribution in [0.5, 0.6) is 0 Å². The van der Waals surface area contributed by atoms with Crippen LogP contribution < -0.4 is 0 Å². The maximum absolute atomic E-state index is 12.7. The number of morpholine rings is 1. The lowest BCUT2D eigenvalue weighted by molar-refractivity contribution is -0.147. The molecule has 1 aliphatic heterocycles. The Morgan fingerprint density at radius 1 is 1.27 bits per heavy atom. The summed E-state index contributed by atoms with van der Waals surface area (Å²) in [6, 6.07) is 7.23. The summed E-state index contributed by atoms with van der Waals surface area (Å²) in [6.45, 7) is 0.954. The molecule has 1 aliphatic rings. The van der Waals surface area contributed by atoms with Gasteiger partial charge in [0.2, 0.25) is 0 Å². The highest BCUT2D eigenvalue weighted by atomic mass is 19.4. The van der Waals surface area contributed by atoms with Gasteiger partial charge in [0.05, 0.1) is 18.3 Å². The van der Waals surface area contributed by atoms with Gasteiger partial charge in [0.15, 0.2) is 0 Å². The highest BCUT2D eigenvalue weighted by Crippen LogP contribution is 2.32. The molecule has 2 atom stereocenters. The number of hydrogen-bond acceptors (Lipinski definition) is 4. The molecular formula is C18H17F3N2O3. The molecule has 2 aromatic rings. The molecule has 26 heavy (non-hydrogen) atoms. The maximum Gasteiger partial charge on any atom is 0.416 e. The fraction of sp³-hybridized carbons (Fsp3) is 0.333. The Bertz CT molecular complexity index is 751. The van der Waals surface area contributed by atoms with E-state index in [0.717, 1.165) is 12.1 Å². The van der Waals surface area contributed by atoms with Crippen LogP contribution in [0, 0.1) is 0 Å². The summed E-state index contributed by atoms with van der Waals surface area (Å²) in [5.74, 6) is -1.01. The number of pyridine rings is 1. The Morgan fingerprint density at radius 3 is 2.58 bits per heavy atom. The lowest BCUT2D eigenvalue weighted by atomic mass is 10.0. The van der Waals surface area contributed by atoms with E-state index in [1.165, 1.54) is 18.3 Å². The molecule has 2 unspecified atom stereocenters. The molecule has 138 valence electrons. The van der Waals surface area contributed by atoms with Gasteiger partial charge < -0.3 is 9.84 Å². The van der Waals surface area contributed by atoms with Crippen LogP contribution in [-0.4, -0.2) is 40.7 Å². The summed E-state index contributed by atoms with van der Waals surface area (Å²) >= 11 is 0. The van der Waals surface area contributed by atoms with E-state index in [1.807, 2.05) is 0 Å². The molecule has 0 radical (unpaired) electrons. The molecule has 1 saturated heterocycles. The smallest absolute Gasteiger partial charge is 0.416 e. The molecule has 1 N–H and O–H groups in total. The van der Waals surface area contributed by atoms with Crippen molar-refractivity contribution in [1.29, 1.82) is 0 Å². The van der Waals surface area contributed by atoms with Crippen molar-refractivity contribution in [1.82, 2.24) is 9.88 Å². The van der Waals surface area contributed by atoms with Gasteiger partial charge in [0, 0.05) is 25.5 Å². The Kier molecular flexibility index (Phi) is 5.24. The van der Waals surface area contributed by atoms with Crippen molar-refractivity contribution < 1.29 is 27.8 Å². The normalized spacial score (nSPS) is 19.9. The number of ether oxygens (including phenoxy) is 1. The van der Waals surface area contributed by atoms with E-state index >= 15 is 0 Å². The molecule has 2 heterocycles. The number of rotatable bonds is 4. The number of aliphatic carboxylic acids is 1. The first kappa shape index (κ1) is 18.3. The third-order valence-electron chi connectivity index (χ3n) is 4.31. The number of carboxylic acid groups (broad SMARTS) is 1. The van der Waals surface area contributed by atoms with Crippen LogP contribution in [-0.2, 0) is 15.7 Å². The summed E-state index contributed by atoms with van der Waals surface area (Å²) in [7, 11) is 0. The van der Waals surface area contributed by atoms with Gasteiger partial charge >= 0.3 is 12.1 Å². The minimum atomic E-state index is -4.40. The molecule has 8 heteroatoms. The van der Waals surface area contributed by atoms with E-state index in [9.17, 15) is 23.1 Å². The highest BCUT2D eigenvalue weighted by Gasteiger charge is 2.34. The second-order valence-electron chi connectivity index (χ2n) is 6.00. The average Bonchev–Trinajstić information content (AvgIpc) is 2.62. The third kappa shape index (κ3) is 4.03. The summed E-state index contributed by atoms with van der Waals surface area (Å²) in [4.78, 5) is 17.5. The first-order chi connectivity index (χ1) is 12.4. The van der Waals surface area contributed by atoms with Crippen molar-refractivity contribution in [3.63, 3.8) is 0 Å². The number of benzene rings is 1. The molecule has 0 spiro atoms.